The second kappa shape index (κ2) is 9.19. The number of nitrogens with one attached hydrogen (secondary N) is 2. The molecule has 34 heavy (non-hydrogen) atoms. The third kappa shape index (κ3) is 4.77. The molecule has 1 fully saturated rings. The van der Waals surface area contributed by atoms with Gasteiger partial charge in [-0.25, -0.2) is 27.1 Å². The lowest BCUT2D eigenvalue weighted by atomic mass is 10.1. The summed E-state index contributed by atoms with van der Waals surface area (Å²) in [4.78, 5) is 14.0. The van der Waals surface area contributed by atoms with Crippen molar-refractivity contribution >= 4 is 49.5 Å². The summed E-state index contributed by atoms with van der Waals surface area (Å²) >= 11 is 4.35. The number of carbonyl (C=O) groups is 1. The number of ether oxygens (including phenoxy) is 1. The molecule has 2 atom stereocenters. The molecule has 14 heteroatoms. The van der Waals surface area contributed by atoms with Gasteiger partial charge in [-0.15, -0.1) is 4.83 Å². The fraction of sp³-hybridized carbons (Fsp3) is 0.300. The Bertz CT molecular complexity index is 1430. The van der Waals surface area contributed by atoms with Crippen molar-refractivity contribution in [3.8, 4) is 0 Å². The molecule has 2 aromatic carbocycles. The number of rotatable bonds is 6. The highest BCUT2D eigenvalue weighted by Crippen LogP contribution is 2.30. The second-order valence-electron chi connectivity index (χ2n) is 7.72. The van der Waals surface area contributed by atoms with E-state index in [4.69, 9.17) is 9.26 Å². The molecule has 2 N–H and O–H groups in total. The summed E-state index contributed by atoms with van der Waals surface area (Å²) in [6.45, 7) is 2.86. The minimum atomic E-state index is -4.19. The summed E-state index contributed by atoms with van der Waals surface area (Å²) in [5.41, 5.74) is 2.04. The van der Waals surface area contributed by atoms with Crippen LogP contribution in [-0.4, -0.2) is 50.4 Å². The van der Waals surface area contributed by atoms with Crippen molar-refractivity contribution in [2.24, 2.45) is 0 Å². The number of hydrazine groups is 1. The van der Waals surface area contributed by atoms with E-state index >= 15 is 0 Å². The minimum Gasteiger partial charge on any atom is -0.428 e. The Morgan fingerprint density at radius 1 is 1.15 bits per heavy atom. The Kier molecular flexibility index (Phi) is 6.61. The topological polar surface area (TPSA) is 148 Å². The summed E-state index contributed by atoms with van der Waals surface area (Å²) in [6, 6.07) is 12.0. The molecule has 1 aliphatic rings. The molecule has 3 aromatic rings. The van der Waals surface area contributed by atoms with Gasteiger partial charge in [-0.3, -0.25) is 0 Å². The van der Waals surface area contributed by atoms with Crippen LogP contribution in [0.3, 0.4) is 0 Å². The standard InChI is InChI=1S/C20H22N4O7S3/c1-12-19(13(2)31-22-12)33(26,27)23-21-20(25)30-18-10-16(32)11-24(18)34(28,29)17-8-7-14-5-3-4-6-15(14)9-17/h3-9,16,18,23,32H,10-11H2,1-2H3,(H,21,25)/t16-,18+/m1/s1. The fourth-order valence-electron chi connectivity index (χ4n) is 3.74. The summed E-state index contributed by atoms with van der Waals surface area (Å²) in [5, 5.41) is 4.81. The third-order valence-corrected chi connectivity index (χ3v) is 9.00. The molecule has 11 nitrogen and oxygen atoms in total. The van der Waals surface area contributed by atoms with Crippen LogP contribution in [0.4, 0.5) is 4.79 Å². The Morgan fingerprint density at radius 3 is 2.53 bits per heavy atom. The summed E-state index contributed by atoms with van der Waals surface area (Å²) < 4.78 is 62.6. The molecular weight excluding hydrogens is 504 g/mol. The van der Waals surface area contributed by atoms with E-state index in [0.717, 1.165) is 15.1 Å². The van der Waals surface area contributed by atoms with Gasteiger partial charge in [0.15, 0.2) is 12.0 Å². The zero-order chi connectivity index (χ0) is 24.7. The first-order valence-electron chi connectivity index (χ1n) is 10.1. The van der Waals surface area contributed by atoms with Crippen molar-refractivity contribution in [1.29, 1.82) is 0 Å². The van der Waals surface area contributed by atoms with E-state index in [1.807, 2.05) is 22.4 Å². The van der Waals surface area contributed by atoms with E-state index in [2.05, 4.69) is 17.8 Å². The number of aromatic nitrogens is 1. The molecule has 0 saturated carbocycles. The van der Waals surface area contributed by atoms with E-state index in [9.17, 15) is 21.6 Å². The van der Waals surface area contributed by atoms with Crippen molar-refractivity contribution in [2.75, 3.05) is 6.54 Å². The molecular formula is C20H22N4O7S3. The maximum atomic E-state index is 13.3. The number of hydrogen-bond donors (Lipinski definition) is 3. The maximum absolute atomic E-state index is 13.3. The molecule has 0 aliphatic carbocycles. The fourth-order valence-corrected chi connectivity index (χ4v) is 6.97. The van der Waals surface area contributed by atoms with Crippen molar-refractivity contribution < 1.29 is 30.9 Å². The van der Waals surface area contributed by atoms with Gasteiger partial charge in [0, 0.05) is 18.2 Å². The van der Waals surface area contributed by atoms with Crippen molar-refractivity contribution in [3.63, 3.8) is 0 Å². The first-order chi connectivity index (χ1) is 16.0. The van der Waals surface area contributed by atoms with Crippen molar-refractivity contribution in [2.45, 2.75) is 41.5 Å². The average Bonchev–Trinajstić information content (AvgIpc) is 3.33. The molecule has 0 radical (unpaired) electrons. The number of carbonyl (C=O) groups excluding carboxylic acids is 1. The van der Waals surface area contributed by atoms with Crippen LogP contribution in [0.2, 0.25) is 0 Å². The largest absolute Gasteiger partial charge is 0.428 e. The number of amides is 1. The highest BCUT2D eigenvalue weighted by Gasteiger charge is 2.41. The number of hydrogen-bond acceptors (Lipinski definition) is 9. The smallest absolute Gasteiger partial charge is 0.424 e. The molecule has 1 saturated heterocycles. The predicted molar refractivity (Wildman–Crippen MR) is 125 cm³/mol. The third-order valence-electron chi connectivity index (χ3n) is 5.28. The van der Waals surface area contributed by atoms with E-state index < -0.39 is 32.4 Å². The lowest BCUT2D eigenvalue weighted by Gasteiger charge is -2.24. The average molecular weight is 527 g/mol. The van der Waals surface area contributed by atoms with Crippen LogP contribution in [0.25, 0.3) is 10.8 Å². The summed E-state index contributed by atoms with van der Waals surface area (Å²) in [7, 11) is -8.22. The Balaban J connectivity index is 1.49. The molecule has 0 bridgehead atoms. The summed E-state index contributed by atoms with van der Waals surface area (Å²) in [5.74, 6) is 0.0431. The van der Waals surface area contributed by atoms with Gasteiger partial charge in [-0.1, -0.05) is 35.5 Å². The quantitative estimate of drug-likeness (QED) is 0.327. The van der Waals surface area contributed by atoms with Gasteiger partial charge in [0.05, 0.1) is 4.90 Å². The molecule has 2 heterocycles. The Labute approximate surface area is 201 Å². The molecule has 182 valence electrons. The van der Waals surface area contributed by atoms with Crippen LogP contribution in [-0.2, 0) is 24.8 Å². The van der Waals surface area contributed by atoms with Crippen molar-refractivity contribution in [3.05, 3.63) is 53.9 Å². The van der Waals surface area contributed by atoms with Crippen LogP contribution < -0.4 is 10.3 Å². The molecule has 1 amide bonds. The number of aryl methyl sites for hydroxylation is 2. The SMILES string of the molecule is Cc1noc(C)c1S(=O)(=O)NNC(=O)O[C@H]1C[C@@H](S)CN1S(=O)(=O)c1ccc2ccccc2c1. The van der Waals surface area contributed by atoms with Crippen LogP contribution >= 0.6 is 12.6 Å². The first kappa shape index (κ1) is 24.5. The first-order valence-corrected chi connectivity index (χ1v) is 13.5. The normalized spacial score (nSPS) is 19.4. The molecule has 4 rings (SSSR count). The van der Waals surface area contributed by atoms with Crippen LogP contribution in [0.1, 0.15) is 17.9 Å². The lowest BCUT2D eigenvalue weighted by Crippen LogP contribution is -2.46. The molecule has 0 spiro atoms. The predicted octanol–water partition coefficient (Wildman–Crippen LogP) is 2.08. The number of fused-ring (bicyclic) bond motifs is 1. The highest BCUT2D eigenvalue weighted by molar-refractivity contribution is 7.89. The van der Waals surface area contributed by atoms with Gasteiger partial charge < -0.3 is 9.26 Å². The monoisotopic (exact) mass is 526 g/mol. The van der Waals surface area contributed by atoms with Crippen molar-refractivity contribution in [1.82, 2.24) is 19.7 Å². The van der Waals surface area contributed by atoms with Gasteiger partial charge in [0.2, 0.25) is 10.0 Å². The van der Waals surface area contributed by atoms with E-state index in [1.54, 1.807) is 24.3 Å². The van der Waals surface area contributed by atoms with Crippen LogP contribution in [0.5, 0.6) is 0 Å². The Hall–Kier alpha value is -2.65. The maximum Gasteiger partial charge on any atom is 0.424 e. The van der Waals surface area contributed by atoms with Gasteiger partial charge in [0.25, 0.3) is 10.0 Å². The second-order valence-corrected chi connectivity index (χ2v) is 12.0. The Morgan fingerprint density at radius 2 is 1.85 bits per heavy atom. The lowest BCUT2D eigenvalue weighted by molar-refractivity contribution is 0.0512. The van der Waals surface area contributed by atoms with E-state index in [0.29, 0.717) is 0 Å². The number of nitrogens with zero attached hydrogens (tertiary/aromatic N) is 2. The molecule has 0 unspecified atom stereocenters. The van der Waals surface area contributed by atoms with E-state index in [-0.39, 0.29) is 39.5 Å². The van der Waals surface area contributed by atoms with Gasteiger partial charge >= 0.3 is 6.09 Å². The van der Waals surface area contributed by atoms with Crippen LogP contribution in [0, 0.1) is 13.8 Å². The highest BCUT2D eigenvalue weighted by atomic mass is 32.2. The van der Waals surface area contributed by atoms with Gasteiger partial charge in [0.1, 0.15) is 10.6 Å². The number of benzene rings is 2. The van der Waals surface area contributed by atoms with Gasteiger partial charge in [-0.2, -0.15) is 16.9 Å². The summed E-state index contributed by atoms with van der Waals surface area (Å²) in [6.07, 6.45) is -2.23. The minimum absolute atomic E-state index is 0.0149. The van der Waals surface area contributed by atoms with Gasteiger partial charge in [-0.05, 0) is 36.8 Å². The zero-order valence-electron chi connectivity index (χ0n) is 18.1. The molecule has 1 aliphatic heterocycles. The number of thiol groups is 1. The zero-order valence-corrected chi connectivity index (χ0v) is 20.7. The van der Waals surface area contributed by atoms with Crippen LogP contribution in [0.15, 0.2) is 56.8 Å². The number of sulfonamides is 2. The van der Waals surface area contributed by atoms with E-state index in [1.165, 1.54) is 19.9 Å². The molecule has 1 aromatic heterocycles.